The first-order valence-electron chi connectivity index (χ1n) is 10.8. The number of ether oxygens (including phenoxy) is 1. The molecule has 0 bridgehead atoms. The molecule has 1 aliphatic heterocycles. The molecule has 0 amide bonds. The van der Waals surface area contributed by atoms with Gasteiger partial charge in [0.1, 0.15) is 6.10 Å². The van der Waals surface area contributed by atoms with Crippen LogP contribution in [-0.2, 0) is 35.9 Å². The number of carbonyl (C=O) groups is 1. The standard InChI is InChI=1S/C18H43O8PSi4/c1-28(2,3)23-15-13-17(19)22-18(15)16(24-29(4,5)6)14-21-27(20,25-30(7,8)9)26-31(10,11)12/h15-16,18H,13-14H2,1-12H3/t15-,16-,18+/m1/s1. The third-order valence-electron chi connectivity index (χ3n) is 3.55. The fraction of sp³-hybridized carbons (Fsp3) is 0.944. The fourth-order valence-electron chi connectivity index (χ4n) is 2.99. The van der Waals surface area contributed by atoms with Gasteiger partial charge in [-0.2, -0.15) is 0 Å². The van der Waals surface area contributed by atoms with Crippen molar-refractivity contribution in [1.82, 2.24) is 0 Å². The predicted octanol–water partition coefficient (Wildman–Crippen LogP) is 5.57. The van der Waals surface area contributed by atoms with Crippen LogP contribution in [0.25, 0.3) is 0 Å². The monoisotopic (exact) mass is 530 g/mol. The molecule has 0 aromatic heterocycles. The molecule has 0 aromatic rings. The molecule has 13 heteroatoms. The molecule has 0 spiro atoms. The highest BCUT2D eigenvalue weighted by molar-refractivity contribution is 7.52. The number of phosphoric acid groups is 1. The summed E-state index contributed by atoms with van der Waals surface area (Å²) >= 11 is 0. The second-order valence-electron chi connectivity index (χ2n) is 11.8. The Balaban J connectivity index is 3.14. The second-order valence-corrected chi connectivity index (χ2v) is 31.8. The first-order chi connectivity index (χ1) is 13.6. The van der Waals surface area contributed by atoms with Crippen LogP contribution in [0.2, 0.25) is 78.6 Å². The first kappa shape index (κ1) is 29.4. The van der Waals surface area contributed by atoms with Crippen molar-refractivity contribution >= 4 is 47.1 Å². The van der Waals surface area contributed by atoms with Crippen LogP contribution >= 0.6 is 7.82 Å². The molecule has 0 N–H and O–H groups in total. The van der Waals surface area contributed by atoms with Gasteiger partial charge in [-0.1, -0.05) is 0 Å². The smallest absolute Gasteiger partial charge is 0.455 e. The number of esters is 1. The van der Waals surface area contributed by atoms with Gasteiger partial charge in [-0.15, -0.1) is 0 Å². The summed E-state index contributed by atoms with van der Waals surface area (Å²) in [5.41, 5.74) is 0. The van der Waals surface area contributed by atoms with E-state index in [1.807, 2.05) is 58.9 Å². The molecule has 0 aromatic carbocycles. The maximum absolute atomic E-state index is 13.5. The lowest BCUT2D eigenvalue weighted by molar-refractivity contribution is -0.146. The van der Waals surface area contributed by atoms with Gasteiger partial charge in [-0.05, 0) is 78.6 Å². The lowest BCUT2D eigenvalue weighted by atomic mass is 10.1. The molecule has 0 unspecified atom stereocenters. The van der Waals surface area contributed by atoms with Gasteiger partial charge in [-0.3, -0.25) is 9.32 Å². The zero-order valence-electron chi connectivity index (χ0n) is 21.4. The minimum atomic E-state index is -3.81. The number of hydrogen-bond donors (Lipinski definition) is 0. The Kier molecular flexibility index (Phi) is 9.79. The van der Waals surface area contributed by atoms with Crippen molar-refractivity contribution in [3.63, 3.8) is 0 Å². The zero-order valence-corrected chi connectivity index (χ0v) is 26.3. The molecule has 0 aliphatic carbocycles. The van der Waals surface area contributed by atoms with Crippen molar-refractivity contribution in [2.24, 2.45) is 0 Å². The van der Waals surface area contributed by atoms with Crippen molar-refractivity contribution < 1.29 is 35.9 Å². The van der Waals surface area contributed by atoms with Crippen molar-refractivity contribution in [2.75, 3.05) is 6.61 Å². The number of carbonyl (C=O) groups excluding carboxylic acids is 1. The molecule has 31 heavy (non-hydrogen) atoms. The van der Waals surface area contributed by atoms with E-state index in [9.17, 15) is 9.36 Å². The minimum Gasteiger partial charge on any atom is -0.457 e. The third-order valence-corrected chi connectivity index (χ3v) is 12.2. The number of hydrogen-bond acceptors (Lipinski definition) is 8. The molecule has 0 radical (unpaired) electrons. The minimum absolute atomic E-state index is 0.0694. The van der Waals surface area contributed by atoms with Crippen LogP contribution in [-0.4, -0.2) is 64.2 Å². The molecule has 1 saturated heterocycles. The Morgan fingerprint density at radius 2 is 1.35 bits per heavy atom. The highest BCUT2D eigenvalue weighted by Crippen LogP contribution is 2.54. The van der Waals surface area contributed by atoms with Crippen molar-refractivity contribution in [3.05, 3.63) is 0 Å². The maximum atomic E-state index is 13.5. The van der Waals surface area contributed by atoms with E-state index in [-0.39, 0.29) is 19.0 Å². The summed E-state index contributed by atoms with van der Waals surface area (Å²) in [7, 11) is -12.3. The Hall–Kier alpha value is 0.368. The Morgan fingerprint density at radius 3 is 1.74 bits per heavy atom. The maximum Gasteiger partial charge on any atom is 0.455 e. The van der Waals surface area contributed by atoms with Crippen LogP contribution in [0.15, 0.2) is 0 Å². The summed E-state index contributed by atoms with van der Waals surface area (Å²) in [5.74, 6) is -0.322. The fourth-order valence-corrected chi connectivity index (χ4v) is 11.8. The average Bonchev–Trinajstić information content (AvgIpc) is 2.76. The Labute approximate surface area is 192 Å². The molecule has 0 saturated carbocycles. The predicted molar refractivity (Wildman–Crippen MR) is 133 cm³/mol. The summed E-state index contributed by atoms with van der Waals surface area (Å²) in [4.78, 5) is 12.1. The van der Waals surface area contributed by atoms with E-state index in [0.717, 1.165) is 0 Å². The second kappa shape index (κ2) is 10.3. The van der Waals surface area contributed by atoms with Gasteiger partial charge in [0.2, 0.25) is 0 Å². The Morgan fingerprint density at radius 1 is 0.871 bits per heavy atom. The zero-order chi connectivity index (χ0) is 24.5. The van der Waals surface area contributed by atoms with E-state index in [1.165, 1.54) is 0 Å². The van der Waals surface area contributed by atoms with Gasteiger partial charge in [-0.25, -0.2) is 4.57 Å². The molecule has 1 fully saturated rings. The molecule has 1 rings (SSSR count). The molecule has 8 nitrogen and oxygen atoms in total. The number of rotatable bonds is 12. The van der Waals surface area contributed by atoms with Crippen LogP contribution in [0.5, 0.6) is 0 Å². The van der Waals surface area contributed by atoms with E-state index in [2.05, 4.69) is 19.6 Å². The normalized spacial score (nSPS) is 22.5. The van der Waals surface area contributed by atoms with Crippen LogP contribution in [0.4, 0.5) is 0 Å². The summed E-state index contributed by atoms with van der Waals surface area (Å²) in [5, 5.41) is 0. The van der Waals surface area contributed by atoms with Gasteiger partial charge < -0.3 is 22.0 Å². The molecule has 3 atom stereocenters. The SMILES string of the molecule is C[Si](C)(C)O[C@H](COP(=O)(O[Si](C)(C)C)O[Si](C)(C)C)[C@H]1OC(=O)C[C@H]1O[Si](C)(C)C. The number of cyclic esters (lactones) is 1. The van der Waals surface area contributed by atoms with Crippen molar-refractivity contribution in [1.29, 1.82) is 0 Å². The van der Waals surface area contributed by atoms with Crippen molar-refractivity contribution in [2.45, 2.75) is 103 Å². The highest BCUT2D eigenvalue weighted by Gasteiger charge is 2.46. The summed E-state index contributed by atoms with van der Waals surface area (Å²) in [6, 6.07) is 0. The Bertz CT molecular complexity index is 643. The van der Waals surface area contributed by atoms with Gasteiger partial charge in [0.15, 0.2) is 39.4 Å². The van der Waals surface area contributed by atoms with Gasteiger partial charge in [0.05, 0.1) is 19.1 Å². The van der Waals surface area contributed by atoms with E-state index in [4.69, 9.17) is 26.5 Å². The topological polar surface area (TPSA) is 89.5 Å². The summed E-state index contributed by atoms with van der Waals surface area (Å²) in [6.45, 7) is 23.9. The average molecular weight is 531 g/mol. The van der Waals surface area contributed by atoms with Gasteiger partial charge in [0, 0.05) is 0 Å². The third kappa shape index (κ3) is 12.4. The molecule has 184 valence electrons. The molecule has 1 heterocycles. The molecule has 1 aliphatic rings. The van der Waals surface area contributed by atoms with E-state index >= 15 is 0 Å². The van der Waals surface area contributed by atoms with Crippen LogP contribution in [0.1, 0.15) is 6.42 Å². The van der Waals surface area contributed by atoms with E-state index in [1.54, 1.807) is 0 Å². The molecular formula is C18H43O8PSi4. The van der Waals surface area contributed by atoms with Gasteiger partial charge in [0.25, 0.3) is 0 Å². The van der Waals surface area contributed by atoms with Gasteiger partial charge >= 0.3 is 13.8 Å². The van der Waals surface area contributed by atoms with Crippen LogP contribution < -0.4 is 0 Å². The van der Waals surface area contributed by atoms with Crippen LogP contribution in [0.3, 0.4) is 0 Å². The van der Waals surface area contributed by atoms with Crippen molar-refractivity contribution in [3.8, 4) is 0 Å². The summed E-state index contributed by atoms with van der Waals surface area (Å²) in [6.07, 6.45) is -1.49. The lowest BCUT2D eigenvalue weighted by Gasteiger charge is -2.36. The summed E-state index contributed by atoms with van der Waals surface area (Å²) < 4.78 is 49.3. The largest absolute Gasteiger partial charge is 0.457 e. The van der Waals surface area contributed by atoms with E-state index < -0.39 is 59.4 Å². The van der Waals surface area contributed by atoms with Crippen LogP contribution in [0, 0.1) is 0 Å². The quantitative estimate of drug-likeness (QED) is 0.184. The molecular weight excluding hydrogens is 488 g/mol. The van der Waals surface area contributed by atoms with E-state index in [0.29, 0.717) is 0 Å². The first-order valence-corrected chi connectivity index (χ1v) is 25.9. The lowest BCUT2D eigenvalue weighted by Crippen LogP contribution is -2.48. The highest BCUT2D eigenvalue weighted by atomic mass is 31.2.